The molecule has 1 N–H and O–H groups in total. The predicted octanol–water partition coefficient (Wildman–Crippen LogP) is 4.85. The van der Waals surface area contributed by atoms with Crippen molar-refractivity contribution in [2.75, 3.05) is 7.05 Å². The van der Waals surface area contributed by atoms with Crippen LogP contribution >= 0.6 is 11.8 Å². The van der Waals surface area contributed by atoms with Gasteiger partial charge in [-0.1, -0.05) is 25.3 Å². The maximum absolute atomic E-state index is 13.2. The first kappa shape index (κ1) is 15.7. The lowest BCUT2D eigenvalue weighted by atomic mass is 10.0. The maximum atomic E-state index is 13.2. The van der Waals surface area contributed by atoms with Gasteiger partial charge in [-0.2, -0.15) is 13.2 Å². The molecule has 2 rings (SSSR count). The van der Waals surface area contributed by atoms with E-state index in [2.05, 4.69) is 5.32 Å². The van der Waals surface area contributed by atoms with E-state index in [-0.39, 0.29) is 0 Å². The lowest BCUT2D eigenvalue weighted by Crippen LogP contribution is -2.13. The highest BCUT2D eigenvalue weighted by Gasteiger charge is 2.34. The molecule has 1 aliphatic carbocycles. The van der Waals surface area contributed by atoms with Gasteiger partial charge in [0.25, 0.3) is 0 Å². The van der Waals surface area contributed by atoms with Gasteiger partial charge >= 0.3 is 6.18 Å². The molecule has 0 spiro atoms. The number of thioether (sulfide) groups is 1. The van der Waals surface area contributed by atoms with Crippen LogP contribution in [-0.2, 0) is 12.7 Å². The third-order valence-electron chi connectivity index (χ3n) is 3.58. The molecule has 1 aromatic rings. The van der Waals surface area contributed by atoms with E-state index in [1.165, 1.54) is 24.2 Å². The van der Waals surface area contributed by atoms with Gasteiger partial charge in [-0.05, 0) is 37.6 Å². The molecule has 1 fully saturated rings. The Kier molecular flexibility index (Phi) is 5.38. The lowest BCUT2D eigenvalue weighted by Gasteiger charge is -2.23. The van der Waals surface area contributed by atoms with Crippen LogP contribution in [-0.4, -0.2) is 12.3 Å². The number of alkyl halides is 3. The second-order valence-corrected chi connectivity index (χ2v) is 6.58. The van der Waals surface area contributed by atoms with Gasteiger partial charge < -0.3 is 5.32 Å². The van der Waals surface area contributed by atoms with Crippen LogP contribution in [0.2, 0.25) is 0 Å². The summed E-state index contributed by atoms with van der Waals surface area (Å²) in [6.07, 6.45) is 1.26. The Labute approximate surface area is 122 Å². The molecule has 0 unspecified atom stereocenters. The monoisotopic (exact) mass is 303 g/mol. The van der Waals surface area contributed by atoms with Crippen LogP contribution in [0.1, 0.15) is 43.2 Å². The van der Waals surface area contributed by atoms with E-state index in [4.69, 9.17) is 0 Å². The lowest BCUT2D eigenvalue weighted by molar-refractivity contribution is -0.139. The van der Waals surface area contributed by atoms with Crippen LogP contribution < -0.4 is 5.32 Å². The van der Waals surface area contributed by atoms with Crippen LogP contribution in [0.25, 0.3) is 0 Å². The van der Waals surface area contributed by atoms with Crippen molar-refractivity contribution in [3.8, 4) is 0 Å². The van der Waals surface area contributed by atoms with E-state index in [0.717, 1.165) is 25.7 Å². The van der Waals surface area contributed by atoms with Crippen molar-refractivity contribution in [3.05, 3.63) is 29.3 Å². The van der Waals surface area contributed by atoms with Gasteiger partial charge in [0.1, 0.15) is 0 Å². The summed E-state index contributed by atoms with van der Waals surface area (Å²) in [6, 6.07) is 4.70. The SMILES string of the molecule is CNCc1ccc(SC2CCCCC2)c(C(F)(F)F)c1. The first-order valence-corrected chi connectivity index (χ1v) is 7.90. The van der Waals surface area contributed by atoms with Crippen LogP contribution in [0, 0.1) is 0 Å². The van der Waals surface area contributed by atoms with Gasteiger partial charge in [0.2, 0.25) is 0 Å². The molecule has 1 saturated carbocycles. The fourth-order valence-corrected chi connectivity index (χ4v) is 3.95. The molecule has 0 saturated heterocycles. The Bertz CT molecular complexity index is 439. The van der Waals surface area contributed by atoms with Gasteiger partial charge in [0.05, 0.1) is 5.56 Å². The van der Waals surface area contributed by atoms with Crippen molar-refractivity contribution in [3.63, 3.8) is 0 Å². The third kappa shape index (κ3) is 4.16. The molecule has 1 nitrogen and oxygen atoms in total. The van der Waals surface area contributed by atoms with Crippen molar-refractivity contribution in [2.45, 2.75) is 55.0 Å². The molecule has 0 radical (unpaired) electrons. The molecule has 5 heteroatoms. The standard InChI is InChI=1S/C15H20F3NS/c1-19-10-11-7-8-14(13(9-11)15(16,17)18)20-12-5-3-2-4-6-12/h7-9,12,19H,2-6,10H2,1H3. The van der Waals surface area contributed by atoms with Crippen molar-refractivity contribution in [1.29, 1.82) is 0 Å². The second-order valence-electron chi connectivity index (χ2n) is 5.24. The van der Waals surface area contributed by atoms with Crippen molar-refractivity contribution < 1.29 is 13.2 Å². The molecule has 0 heterocycles. The van der Waals surface area contributed by atoms with Crippen LogP contribution in [0.15, 0.2) is 23.1 Å². The molecular formula is C15H20F3NS. The quantitative estimate of drug-likeness (QED) is 0.853. The van der Waals surface area contributed by atoms with Crippen molar-refractivity contribution >= 4 is 11.8 Å². The van der Waals surface area contributed by atoms with Crippen molar-refractivity contribution in [1.82, 2.24) is 5.32 Å². The predicted molar refractivity (Wildman–Crippen MR) is 76.9 cm³/mol. The summed E-state index contributed by atoms with van der Waals surface area (Å²) in [5.74, 6) is 0. The molecule has 112 valence electrons. The summed E-state index contributed by atoms with van der Waals surface area (Å²) >= 11 is 1.40. The zero-order valence-corrected chi connectivity index (χ0v) is 12.4. The zero-order valence-electron chi connectivity index (χ0n) is 11.6. The highest BCUT2D eigenvalue weighted by molar-refractivity contribution is 8.00. The Morgan fingerprint density at radius 3 is 2.50 bits per heavy atom. The summed E-state index contributed by atoms with van der Waals surface area (Å²) in [6.45, 7) is 0.456. The second kappa shape index (κ2) is 6.85. The van der Waals surface area contributed by atoms with Gasteiger partial charge in [0, 0.05) is 16.7 Å². The molecular weight excluding hydrogens is 283 g/mol. The number of nitrogens with one attached hydrogen (secondary N) is 1. The minimum atomic E-state index is -4.28. The zero-order chi connectivity index (χ0) is 14.6. The van der Waals surface area contributed by atoms with Gasteiger partial charge in [0.15, 0.2) is 0 Å². The highest BCUT2D eigenvalue weighted by atomic mass is 32.2. The first-order valence-electron chi connectivity index (χ1n) is 7.02. The molecule has 1 aliphatic rings. The van der Waals surface area contributed by atoms with E-state index in [9.17, 15) is 13.2 Å². The fraction of sp³-hybridized carbons (Fsp3) is 0.600. The molecule has 1 aromatic carbocycles. The van der Waals surface area contributed by atoms with Gasteiger partial charge in [-0.3, -0.25) is 0 Å². The number of rotatable bonds is 4. The largest absolute Gasteiger partial charge is 0.417 e. The summed E-state index contributed by atoms with van der Waals surface area (Å²) in [4.78, 5) is 0.379. The number of hydrogen-bond acceptors (Lipinski definition) is 2. The number of benzene rings is 1. The topological polar surface area (TPSA) is 12.0 Å². The average Bonchev–Trinajstić information content (AvgIpc) is 2.41. The molecule has 0 aliphatic heterocycles. The summed E-state index contributed by atoms with van der Waals surface area (Å²) < 4.78 is 39.6. The Balaban J connectivity index is 2.21. The molecule has 0 bridgehead atoms. The summed E-state index contributed by atoms with van der Waals surface area (Å²) in [7, 11) is 1.73. The van der Waals surface area contributed by atoms with Gasteiger partial charge in [-0.25, -0.2) is 0 Å². The van der Waals surface area contributed by atoms with E-state index < -0.39 is 11.7 Å². The Morgan fingerprint density at radius 1 is 1.20 bits per heavy atom. The number of hydrogen-bond donors (Lipinski definition) is 1. The maximum Gasteiger partial charge on any atom is 0.417 e. The number of halogens is 3. The van der Waals surface area contributed by atoms with Gasteiger partial charge in [-0.15, -0.1) is 11.8 Å². The minimum absolute atomic E-state index is 0.333. The fourth-order valence-electron chi connectivity index (χ4n) is 2.58. The normalized spacial score (nSPS) is 17.4. The van der Waals surface area contributed by atoms with E-state index in [0.29, 0.717) is 22.3 Å². The van der Waals surface area contributed by atoms with E-state index >= 15 is 0 Å². The smallest absolute Gasteiger partial charge is 0.316 e. The van der Waals surface area contributed by atoms with Crippen LogP contribution in [0.5, 0.6) is 0 Å². The summed E-state index contributed by atoms with van der Waals surface area (Å²) in [5, 5.41) is 3.22. The third-order valence-corrected chi connectivity index (χ3v) is 4.99. The Hall–Kier alpha value is -0.680. The molecule has 20 heavy (non-hydrogen) atoms. The van der Waals surface area contributed by atoms with Crippen molar-refractivity contribution in [2.24, 2.45) is 0 Å². The molecule has 0 aromatic heterocycles. The average molecular weight is 303 g/mol. The van der Waals surface area contributed by atoms with Crippen LogP contribution in [0.3, 0.4) is 0 Å². The Morgan fingerprint density at radius 2 is 1.90 bits per heavy atom. The molecule has 0 amide bonds. The van der Waals surface area contributed by atoms with Crippen LogP contribution in [0.4, 0.5) is 13.2 Å². The van der Waals surface area contributed by atoms with E-state index in [1.54, 1.807) is 19.2 Å². The first-order chi connectivity index (χ1) is 9.50. The highest BCUT2D eigenvalue weighted by Crippen LogP contribution is 2.41. The minimum Gasteiger partial charge on any atom is -0.316 e. The van der Waals surface area contributed by atoms with E-state index in [1.807, 2.05) is 0 Å². The molecule has 0 atom stereocenters. The summed E-state index contributed by atoms with van der Waals surface area (Å²) in [5.41, 5.74) is 0.189.